The molecular formula is C74H59N5OPt. The van der Waals surface area contributed by atoms with Gasteiger partial charge in [-0.1, -0.05) is 32.9 Å². The van der Waals surface area contributed by atoms with Gasteiger partial charge in [-0.3, -0.25) is 0 Å². The van der Waals surface area contributed by atoms with E-state index in [0.717, 1.165) is 71.7 Å². The number of rotatable bonds is 9. The van der Waals surface area contributed by atoms with Gasteiger partial charge in [0.2, 0.25) is 0 Å². The molecule has 0 amide bonds. The molecule has 396 valence electrons. The SMILES string of the molecule is [2H]c1c([2H])c([2H])c(-c2cc(-n3c4ccccc4c4ccccc43)cc(-c3c([2H])c([2H])c([2H])c([2H])c3[2H])c2-n2[c](=[Pt])n(-c3cc(Oc4ccc5c6ccccc6n(-c6cc(C(C)(C)C)ccn6)c5c4)cc(-c4ccc(C(C)(C)C)cc4)c3)c3ccccc32)c([2H])c1[2H]. The molecule has 4 heterocycles. The van der Waals surface area contributed by atoms with Gasteiger partial charge in [0.1, 0.15) is 0 Å². The van der Waals surface area contributed by atoms with E-state index in [1.54, 1.807) is 12.1 Å². The predicted molar refractivity (Wildman–Crippen MR) is 333 cm³/mol. The van der Waals surface area contributed by atoms with E-state index in [1.165, 1.54) is 0 Å². The zero-order valence-electron chi connectivity index (χ0n) is 55.4. The Morgan fingerprint density at radius 1 is 0.395 bits per heavy atom. The van der Waals surface area contributed by atoms with Crippen LogP contribution in [0.5, 0.6) is 11.5 Å². The monoisotopic (exact) mass is 1240 g/mol. The van der Waals surface area contributed by atoms with Gasteiger partial charge in [0.15, 0.2) is 0 Å². The van der Waals surface area contributed by atoms with Crippen LogP contribution in [0.3, 0.4) is 0 Å². The Hall–Kier alpha value is -9.09. The van der Waals surface area contributed by atoms with Gasteiger partial charge < -0.3 is 0 Å². The van der Waals surface area contributed by atoms with Gasteiger partial charge in [-0.25, -0.2) is 0 Å². The maximum atomic E-state index is 9.71. The third-order valence-electron chi connectivity index (χ3n) is 15.4. The predicted octanol–water partition coefficient (Wildman–Crippen LogP) is 19.5. The van der Waals surface area contributed by atoms with Crippen LogP contribution in [0.1, 0.15) is 66.4 Å². The van der Waals surface area contributed by atoms with Crippen LogP contribution in [0.15, 0.2) is 249 Å². The van der Waals surface area contributed by atoms with Crippen LogP contribution < -0.4 is 4.74 Å². The number of nitrogens with zero attached hydrogens (tertiary/aromatic N) is 5. The van der Waals surface area contributed by atoms with Crippen LogP contribution >= 0.6 is 0 Å². The molecular weight excluding hydrogens is 1170 g/mol. The number of hydrogen-bond acceptors (Lipinski definition) is 2. The van der Waals surface area contributed by atoms with Crippen LogP contribution in [0.2, 0.25) is 0 Å². The molecule has 10 aromatic carbocycles. The van der Waals surface area contributed by atoms with Gasteiger partial charge in [-0.05, 0) is 17.0 Å². The first-order valence-electron chi connectivity index (χ1n) is 31.9. The summed E-state index contributed by atoms with van der Waals surface area (Å²) in [6.45, 7) is 13.1. The topological polar surface area (TPSA) is 41.8 Å². The Bertz CT molecular complexity index is 5260. The average molecular weight is 1240 g/mol. The molecule has 0 unspecified atom stereocenters. The third-order valence-corrected chi connectivity index (χ3v) is 16.4. The first-order chi connectivity index (χ1) is 43.5. The molecule has 0 radical (unpaired) electrons. The standard InChI is InChI=1S/C74H59N5O.Pt/c1-73(2,3)53-35-33-49(34-36-53)52-41-55(44-58(42-52)80-57-37-38-62-61-27-15-18-30-67(61)79(70(62)47-57)71-43-54(39-40-75-71)74(4,5)6)76-48-77(69-32-20-19-31-68(69)76)72-63(50-21-9-7-10-22-50)45-56(46-64(72)51-23-11-8-12-24-51)78-65-28-16-13-25-59(65)60-26-14-17-29-66(60)78;/h7-47H,1-6H3;/i7D,8D,9D,10D,11D,12D,21D,22D,23D,24D;. The normalized spacial score (nSPS) is 13.9. The summed E-state index contributed by atoms with van der Waals surface area (Å²) in [6, 6.07) is 54.8. The van der Waals surface area contributed by atoms with Crippen LogP contribution in [0.25, 0.3) is 111 Å². The molecule has 0 aliphatic heterocycles. The molecule has 0 N–H and O–H groups in total. The fourth-order valence-electron chi connectivity index (χ4n) is 11.4. The summed E-state index contributed by atoms with van der Waals surface area (Å²) < 4.78 is 109. The van der Waals surface area contributed by atoms with E-state index in [1.807, 2.05) is 118 Å². The Morgan fingerprint density at radius 3 is 1.47 bits per heavy atom. The number of pyridine rings is 1. The fourth-order valence-corrected chi connectivity index (χ4v) is 12.5. The summed E-state index contributed by atoms with van der Waals surface area (Å²) in [5, 5.41) is 3.94. The number of ether oxygens (including phenoxy) is 1. The summed E-state index contributed by atoms with van der Waals surface area (Å²) in [6.07, 6.45) is 1.86. The Labute approximate surface area is 496 Å². The third kappa shape index (κ3) is 8.77. The summed E-state index contributed by atoms with van der Waals surface area (Å²) in [4.78, 5) is 4.93. The number of para-hydroxylation sites is 5. The minimum atomic E-state index is -0.584. The van der Waals surface area contributed by atoms with Crippen LogP contribution in [0.4, 0.5) is 0 Å². The van der Waals surface area contributed by atoms with E-state index in [9.17, 15) is 5.48 Å². The van der Waals surface area contributed by atoms with Gasteiger partial charge in [-0.2, -0.15) is 0 Å². The van der Waals surface area contributed by atoms with Crippen molar-refractivity contribution in [1.82, 2.24) is 23.3 Å². The van der Waals surface area contributed by atoms with Crippen LogP contribution in [-0.2, 0) is 30.2 Å². The van der Waals surface area contributed by atoms with E-state index in [2.05, 4.69) is 137 Å². The Morgan fingerprint density at radius 2 is 0.901 bits per heavy atom. The molecule has 0 saturated carbocycles. The number of hydrogen-bond donors (Lipinski definition) is 0. The van der Waals surface area contributed by atoms with E-state index in [4.69, 9.17) is 17.9 Å². The second kappa shape index (κ2) is 19.6. The van der Waals surface area contributed by atoms with Crippen molar-refractivity contribution in [2.75, 3.05) is 0 Å². The molecule has 0 fully saturated rings. The second-order valence-corrected chi connectivity index (χ2v) is 23.5. The summed E-state index contributed by atoms with van der Waals surface area (Å²) in [5.74, 6) is 1.87. The quantitative estimate of drug-likeness (QED) is 0.145. The summed E-state index contributed by atoms with van der Waals surface area (Å²) >= 11 is 2.24. The van der Waals surface area contributed by atoms with Gasteiger partial charge >= 0.3 is 443 Å². The van der Waals surface area contributed by atoms with Crippen LogP contribution in [0, 0.1) is 3.80 Å². The average Bonchev–Trinajstić information content (AvgIpc) is 1.43. The summed E-state index contributed by atoms with van der Waals surface area (Å²) in [7, 11) is 0. The molecule has 0 atom stereocenters. The van der Waals surface area contributed by atoms with E-state index in [-0.39, 0.29) is 38.8 Å². The molecule has 14 aromatic rings. The van der Waals surface area contributed by atoms with Gasteiger partial charge in [0.25, 0.3) is 0 Å². The summed E-state index contributed by atoms with van der Waals surface area (Å²) in [5.41, 5.74) is 9.90. The van der Waals surface area contributed by atoms with E-state index >= 15 is 0 Å². The van der Waals surface area contributed by atoms with Crippen molar-refractivity contribution < 1.29 is 37.8 Å². The second-order valence-electron chi connectivity index (χ2n) is 22.5. The maximum absolute atomic E-state index is 9.71. The van der Waals surface area contributed by atoms with Crippen molar-refractivity contribution in [3.63, 3.8) is 0 Å². The zero-order chi connectivity index (χ0) is 63.9. The van der Waals surface area contributed by atoms with Crippen molar-refractivity contribution in [3.05, 3.63) is 264 Å². The van der Waals surface area contributed by atoms with Gasteiger partial charge in [-0.15, -0.1) is 0 Å². The molecule has 6 nitrogen and oxygen atoms in total. The number of fused-ring (bicyclic) bond motifs is 7. The van der Waals surface area contributed by atoms with E-state index < -0.39 is 60.4 Å². The molecule has 14 rings (SSSR count). The van der Waals surface area contributed by atoms with Crippen molar-refractivity contribution >= 4 is 54.6 Å². The minimum absolute atomic E-state index is 0.114. The molecule has 7 heteroatoms. The molecule has 4 aromatic heterocycles. The molecule has 0 spiro atoms. The Balaban J connectivity index is 1.07. The first-order valence-corrected chi connectivity index (χ1v) is 28.1. The van der Waals surface area contributed by atoms with E-state index in [0.29, 0.717) is 37.7 Å². The van der Waals surface area contributed by atoms with Gasteiger partial charge in [0, 0.05) is 6.20 Å². The number of benzene rings is 10. The van der Waals surface area contributed by atoms with Gasteiger partial charge in [0.05, 0.1) is 0 Å². The number of aromatic nitrogens is 5. The molecule has 0 aliphatic rings. The number of imidazole rings is 1. The molecule has 0 saturated heterocycles. The fraction of sp³-hybridized carbons (Fsp3) is 0.108. The Kier molecular flexibility index (Phi) is 9.72. The zero-order valence-corrected chi connectivity index (χ0v) is 47.6. The van der Waals surface area contributed by atoms with Crippen molar-refractivity contribution in [2.24, 2.45) is 0 Å². The van der Waals surface area contributed by atoms with Crippen molar-refractivity contribution in [1.29, 1.82) is 0 Å². The van der Waals surface area contributed by atoms with Crippen molar-refractivity contribution in [2.45, 2.75) is 52.4 Å². The first kappa shape index (κ1) is 40.1. The van der Waals surface area contributed by atoms with Crippen LogP contribution in [-0.4, -0.2) is 23.3 Å². The van der Waals surface area contributed by atoms with Crippen molar-refractivity contribution in [3.8, 4) is 67.8 Å². The molecule has 81 heavy (non-hydrogen) atoms. The molecule has 0 aliphatic carbocycles. The molecule has 0 bridgehead atoms.